The van der Waals surface area contributed by atoms with Gasteiger partial charge in [0.15, 0.2) is 5.69 Å². The number of hydrogen-bond acceptors (Lipinski definition) is 4. The number of amides is 1. The molecule has 0 N–H and O–H groups in total. The van der Waals surface area contributed by atoms with Crippen molar-refractivity contribution < 1.29 is 4.79 Å². The molecule has 124 valence electrons. The smallest absolute Gasteiger partial charge is 0.276 e. The highest BCUT2D eigenvalue weighted by molar-refractivity contribution is 5.93. The Kier molecular flexibility index (Phi) is 4.73. The summed E-state index contributed by atoms with van der Waals surface area (Å²) in [5.41, 5.74) is 1.33. The van der Waals surface area contributed by atoms with E-state index in [0.29, 0.717) is 24.7 Å². The average Bonchev–Trinajstić information content (AvgIpc) is 3.28. The van der Waals surface area contributed by atoms with Crippen LogP contribution in [0.2, 0.25) is 0 Å². The highest BCUT2D eigenvalue weighted by Gasteiger charge is 2.22. The summed E-state index contributed by atoms with van der Waals surface area (Å²) >= 11 is 0. The van der Waals surface area contributed by atoms with Gasteiger partial charge in [-0.25, -0.2) is 4.68 Å². The SMILES string of the molecule is Cc1c(C(=O)N(C)CCn2cccn2)nnn1CC1CCCC1. The predicted octanol–water partition coefficient (Wildman–Crippen LogP) is 1.75. The summed E-state index contributed by atoms with van der Waals surface area (Å²) in [5.74, 6) is 0.600. The maximum absolute atomic E-state index is 12.6. The second kappa shape index (κ2) is 6.93. The van der Waals surface area contributed by atoms with E-state index in [-0.39, 0.29) is 5.91 Å². The number of nitrogens with zero attached hydrogens (tertiary/aromatic N) is 6. The Hall–Kier alpha value is -2.18. The van der Waals surface area contributed by atoms with Crippen molar-refractivity contribution in [2.75, 3.05) is 13.6 Å². The van der Waals surface area contributed by atoms with E-state index in [0.717, 1.165) is 12.2 Å². The van der Waals surface area contributed by atoms with Crippen LogP contribution in [0.4, 0.5) is 0 Å². The second-order valence-electron chi connectivity index (χ2n) is 6.35. The highest BCUT2D eigenvalue weighted by atomic mass is 16.2. The normalized spacial score (nSPS) is 15.2. The lowest BCUT2D eigenvalue weighted by atomic mass is 10.1. The van der Waals surface area contributed by atoms with Gasteiger partial charge in [0.25, 0.3) is 5.91 Å². The number of carbonyl (C=O) groups excluding carboxylic acids is 1. The fraction of sp³-hybridized carbons (Fsp3) is 0.625. The molecule has 7 nitrogen and oxygen atoms in total. The van der Waals surface area contributed by atoms with Gasteiger partial charge in [-0.05, 0) is 31.7 Å². The molecule has 23 heavy (non-hydrogen) atoms. The zero-order valence-electron chi connectivity index (χ0n) is 13.9. The molecule has 0 spiro atoms. The van der Waals surface area contributed by atoms with Gasteiger partial charge in [-0.1, -0.05) is 18.1 Å². The Morgan fingerprint density at radius 1 is 1.39 bits per heavy atom. The van der Waals surface area contributed by atoms with Crippen LogP contribution in [0.25, 0.3) is 0 Å². The lowest BCUT2D eigenvalue weighted by molar-refractivity contribution is 0.0782. The number of rotatable bonds is 6. The molecule has 0 saturated heterocycles. The van der Waals surface area contributed by atoms with E-state index in [4.69, 9.17) is 0 Å². The van der Waals surface area contributed by atoms with Crippen molar-refractivity contribution in [1.29, 1.82) is 0 Å². The van der Waals surface area contributed by atoms with Gasteiger partial charge in [-0.3, -0.25) is 9.48 Å². The molecule has 0 aromatic carbocycles. The molecule has 1 aliphatic rings. The Balaban J connectivity index is 1.61. The van der Waals surface area contributed by atoms with E-state index in [2.05, 4.69) is 15.4 Å². The van der Waals surface area contributed by atoms with E-state index in [1.165, 1.54) is 25.7 Å². The minimum absolute atomic E-state index is 0.0765. The van der Waals surface area contributed by atoms with Crippen molar-refractivity contribution in [1.82, 2.24) is 29.7 Å². The van der Waals surface area contributed by atoms with Crippen LogP contribution in [0.5, 0.6) is 0 Å². The van der Waals surface area contributed by atoms with Crippen molar-refractivity contribution in [2.24, 2.45) is 5.92 Å². The third-order valence-corrected chi connectivity index (χ3v) is 4.66. The molecule has 0 aliphatic heterocycles. The zero-order chi connectivity index (χ0) is 16.2. The lowest BCUT2D eigenvalue weighted by Gasteiger charge is -2.16. The molecule has 2 aromatic rings. The van der Waals surface area contributed by atoms with Gasteiger partial charge < -0.3 is 4.90 Å². The predicted molar refractivity (Wildman–Crippen MR) is 85.9 cm³/mol. The first-order chi connectivity index (χ1) is 11.1. The van der Waals surface area contributed by atoms with Crippen molar-refractivity contribution in [3.63, 3.8) is 0 Å². The summed E-state index contributed by atoms with van der Waals surface area (Å²) < 4.78 is 3.71. The molecule has 0 radical (unpaired) electrons. The van der Waals surface area contributed by atoms with Crippen molar-refractivity contribution >= 4 is 5.91 Å². The van der Waals surface area contributed by atoms with Gasteiger partial charge >= 0.3 is 0 Å². The summed E-state index contributed by atoms with van der Waals surface area (Å²) in [6.45, 7) is 4.08. The molecule has 1 saturated carbocycles. The fourth-order valence-corrected chi connectivity index (χ4v) is 3.14. The monoisotopic (exact) mass is 316 g/mol. The van der Waals surface area contributed by atoms with Crippen molar-refractivity contribution in [3.8, 4) is 0 Å². The minimum atomic E-state index is -0.0765. The number of aromatic nitrogens is 5. The molecule has 0 unspecified atom stereocenters. The molecule has 1 aliphatic carbocycles. The zero-order valence-corrected chi connectivity index (χ0v) is 13.9. The molecule has 0 atom stereocenters. The third kappa shape index (κ3) is 3.60. The van der Waals surface area contributed by atoms with E-state index in [1.807, 2.05) is 28.6 Å². The first kappa shape index (κ1) is 15.7. The highest BCUT2D eigenvalue weighted by Crippen LogP contribution is 2.26. The second-order valence-corrected chi connectivity index (χ2v) is 6.35. The van der Waals surface area contributed by atoms with Gasteiger partial charge in [0, 0.05) is 32.5 Å². The van der Waals surface area contributed by atoms with Crippen LogP contribution in [-0.4, -0.2) is 49.2 Å². The van der Waals surface area contributed by atoms with Crippen molar-refractivity contribution in [3.05, 3.63) is 29.8 Å². The standard InChI is InChI=1S/C16H24N6O/c1-13-15(18-19-22(13)12-14-6-3-4-7-14)16(23)20(2)10-11-21-9-5-8-17-21/h5,8-9,14H,3-4,6-7,10-12H2,1-2H3. The topological polar surface area (TPSA) is 68.8 Å². The molecule has 2 aromatic heterocycles. The van der Waals surface area contributed by atoms with Crippen LogP contribution in [0.3, 0.4) is 0 Å². The summed E-state index contributed by atoms with van der Waals surface area (Å²) in [6.07, 6.45) is 8.75. The summed E-state index contributed by atoms with van der Waals surface area (Å²) in [5, 5.41) is 12.5. The first-order valence-corrected chi connectivity index (χ1v) is 8.28. The number of hydrogen-bond donors (Lipinski definition) is 0. The molecule has 1 fully saturated rings. The molecule has 3 rings (SSSR count). The fourth-order valence-electron chi connectivity index (χ4n) is 3.14. The van der Waals surface area contributed by atoms with Gasteiger partial charge in [0.2, 0.25) is 0 Å². The van der Waals surface area contributed by atoms with E-state index in [1.54, 1.807) is 18.1 Å². The third-order valence-electron chi connectivity index (χ3n) is 4.66. The molecule has 0 bridgehead atoms. The summed E-state index contributed by atoms with van der Waals surface area (Å²) in [7, 11) is 1.79. The molecular weight excluding hydrogens is 292 g/mol. The quantitative estimate of drug-likeness (QED) is 0.814. The summed E-state index contributed by atoms with van der Waals surface area (Å²) in [4.78, 5) is 14.2. The van der Waals surface area contributed by atoms with Gasteiger partial charge in [0.05, 0.1) is 12.2 Å². The summed E-state index contributed by atoms with van der Waals surface area (Å²) in [6, 6.07) is 1.88. The van der Waals surface area contributed by atoms with Crippen LogP contribution >= 0.6 is 0 Å². The van der Waals surface area contributed by atoms with Crippen LogP contribution in [0.15, 0.2) is 18.5 Å². The van der Waals surface area contributed by atoms with Crippen LogP contribution in [0, 0.1) is 12.8 Å². The number of likely N-dealkylation sites (N-methyl/N-ethyl adjacent to an activating group) is 1. The van der Waals surface area contributed by atoms with Crippen LogP contribution in [0.1, 0.15) is 41.9 Å². The maximum atomic E-state index is 12.6. The number of carbonyl (C=O) groups is 1. The largest absolute Gasteiger partial charge is 0.338 e. The average molecular weight is 316 g/mol. The first-order valence-electron chi connectivity index (χ1n) is 8.28. The lowest BCUT2D eigenvalue weighted by Crippen LogP contribution is -2.31. The molecule has 1 amide bonds. The van der Waals surface area contributed by atoms with E-state index < -0.39 is 0 Å². The van der Waals surface area contributed by atoms with E-state index in [9.17, 15) is 4.79 Å². The van der Waals surface area contributed by atoms with Gasteiger partial charge in [-0.15, -0.1) is 5.10 Å². The van der Waals surface area contributed by atoms with Crippen LogP contribution in [-0.2, 0) is 13.1 Å². The van der Waals surface area contributed by atoms with Crippen LogP contribution < -0.4 is 0 Å². The minimum Gasteiger partial charge on any atom is -0.338 e. The Labute approximate surface area is 136 Å². The molecule has 2 heterocycles. The Morgan fingerprint density at radius 2 is 2.17 bits per heavy atom. The van der Waals surface area contributed by atoms with Gasteiger partial charge in [-0.2, -0.15) is 5.10 Å². The van der Waals surface area contributed by atoms with Crippen molar-refractivity contribution in [2.45, 2.75) is 45.7 Å². The Bertz CT molecular complexity index is 642. The van der Waals surface area contributed by atoms with Gasteiger partial charge in [0.1, 0.15) is 0 Å². The molecular formula is C16H24N6O. The Morgan fingerprint density at radius 3 is 2.87 bits per heavy atom. The maximum Gasteiger partial charge on any atom is 0.276 e. The molecule has 7 heteroatoms. The van der Waals surface area contributed by atoms with E-state index >= 15 is 0 Å².